The maximum Gasteiger partial charge on any atom is 0.196 e. The molecular formula is C4H2NSi. The van der Waals surface area contributed by atoms with Crippen molar-refractivity contribution in [2.45, 2.75) is 0 Å². The summed E-state index contributed by atoms with van der Waals surface area (Å²) in [6.07, 6.45) is 4.73. The predicted molar refractivity (Wildman–Crippen MR) is 25.5 cm³/mol. The van der Waals surface area contributed by atoms with Gasteiger partial charge in [-0.2, -0.15) is 0 Å². The molecule has 0 fully saturated rings. The van der Waals surface area contributed by atoms with Crippen molar-refractivity contribution in [3.63, 3.8) is 0 Å². The number of hydrogen-bond donors (Lipinski definition) is 1. The molecule has 6 heavy (non-hydrogen) atoms. The van der Waals surface area contributed by atoms with E-state index in [4.69, 9.17) is 6.42 Å². The highest BCUT2D eigenvalue weighted by Gasteiger charge is 1.47. The van der Waals surface area contributed by atoms with Crippen LogP contribution in [-0.2, 0) is 0 Å². The first-order chi connectivity index (χ1) is 2.91. The van der Waals surface area contributed by atoms with Gasteiger partial charge in [-0.15, -0.1) is 6.42 Å². The third kappa shape index (κ3) is 3.14. The molecule has 3 radical (unpaired) electrons. The van der Waals surface area contributed by atoms with Gasteiger partial charge in [0.05, 0.1) is 0 Å². The van der Waals surface area contributed by atoms with E-state index in [1.54, 1.807) is 0 Å². The lowest BCUT2D eigenvalue weighted by Crippen LogP contribution is -1.94. The molecule has 1 N–H and O–H groups in total. The summed E-state index contributed by atoms with van der Waals surface area (Å²) in [5.74, 6) is 4.43. The summed E-state index contributed by atoms with van der Waals surface area (Å²) in [5, 5.41) is 0. The molecule has 0 unspecified atom stereocenters. The van der Waals surface area contributed by atoms with Crippen LogP contribution >= 0.6 is 0 Å². The molecule has 2 heteroatoms. The molecule has 0 rings (SSSR count). The Labute approximate surface area is 40.6 Å². The molecular weight excluding hydrogens is 90.1 g/mol. The van der Waals surface area contributed by atoms with Gasteiger partial charge in [-0.3, -0.25) is 0 Å². The molecule has 0 atom stereocenters. The first kappa shape index (κ1) is 5.14. The minimum atomic E-state index is 2.11. The summed E-state index contributed by atoms with van der Waals surface area (Å²) < 4.78 is 0. The monoisotopic (exact) mass is 92.0 g/mol. The van der Waals surface area contributed by atoms with Crippen molar-refractivity contribution in [3.05, 3.63) is 0 Å². The quantitative estimate of drug-likeness (QED) is 0.235. The first-order valence-electron chi connectivity index (χ1n) is 1.29. The van der Waals surface area contributed by atoms with E-state index in [0.29, 0.717) is 0 Å². The highest BCUT2D eigenvalue weighted by Crippen LogP contribution is 1.37. The predicted octanol–water partition coefficient (Wildman–Crippen LogP) is -0.746. The van der Waals surface area contributed by atoms with Crippen molar-refractivity contribution in [2.24, 2.45) is 0 Å². The van der Waals surface area contributed by atoms with E-state index >= 15 is 0 Å². The van der Waals surface area contributed by atoms with E-state index in [1.165, 1.54) is 0 Å². The molecule has 0 aromatic carbocycles. The van der Waals surface area contributed by atoms with Gasteiger partial charge in [-0.1, -0.05) is 0 Å². The van der Waals surface area contributed by atoms with Gasteiger partial charge in [0.15, 0.2) is 10.4 Å². The highest BCUT2D eigenvalue weighted by atomic mass is 28.2. The zero-order valence-corrected chi connectivity index (χ0v) is 4.08. The minimum absolute atomic E-state index is 2.11. The van der Waals surface area contributed by atoms with Crippen molar-refractivity contribution in [1.82, 2.24) is 4.98 Å². The topological polar surface area (TPSA) is 12.0 Å². The first-order valence-corrected chi connectivity index (χ1v) is 1.79. The summed E-state index contributed by atoms with van der Waals surface area (Å²) in [6.45, 7) is 0. The molecule has 0 spiro atoms. The second-order valence-corrected chi connectivity index (χ2v) is 0.769. The van der Waals surface area contributed by atoms with Gasteiger partial charge >= 0.3 is 0 Å². The maximum absolute atomic E-state index is 4.73. The van der Waals surface area contributed by atoms with Crippen LogP contribution in [0.3, 0.4) is 0 Å². The number of hydrogen-bond acceptors (Lipinski definition) is 1. The molecule has 1 nitrogen and oxygen atoms in total. The van der Waals surface area contributed by atoms with E-state index in [-0.39, 0.29) is 0 Å². The Bertz CT molecular complexity index is 112. The normalized spacial score (nSPS) is 4.00. The van der Waals surface area contributed by atoms with Crippen LogP contribution in [0.4, 0.5) is 0 Å². The molecule has 0 aliphatic carbocycles. The van der Waals surface area contributed by atoms with Gasteiger partial charge in [0, 0.05) is 12.0 Å². The lowest BCUT2D eigenvalue weighted by Gasteiger charge is -1.66. The van der Waals surface area contributed by atoms with E-state index in [1.807, 2.05) is 0 Å². The fraction of sp³-hybridized carbons (Fsp3) is 0. The standard InChI is InChI=1S/C4H2NSi/c1-2-3-4-5-6/h1,5H. The van der Waals surface area contributed by atoms with Crippen LogP contribution in [0, 0.1) is 24.3 Å². The highest BCUT2D eigenvalue weighted by molar-refractivity contribution is 6.05. The maximum atomic E-state index is 4.73. The largest absolute Gasteiger partial charge is 0.372 e. The van der Waals surface area contributed by atoms with Gasteiger partial charge < -0.3 is 4.98 Å². The van der Waals surface area contributed by atoms with E-state index in [0.717, 1.165) is 0 Å². The zero-order valence-electron chi connectivity index (χ0n) is 3.08. The van der Waals surface area contributed by atoms with Gasteiger partial charge in [-0.25, -0.2) is 0 Å². The average molecular weight is 92.2 g/mol. The molecule has 0 bridgehead atoms. The van der Waals surface area contributed by atoms with Gasteiger partial charge in [-0.05, 0) is 5.92 Å². The Morgan fingerprint density at radius 2 is 2.33 bits per heavy atom. The van der Waals surface area contributed by atoms with Crippen molar-refractivity contribution < 1.29 is 0 Å². The fourth-order valence-corrected chi connectivity index (χ4v) is 0.130. The zero-order chi connectivity index (χ0) is 4.83. The SMILES string of the molecule is C#CC#CN[Si]. The third-order valence-electron chi connectivity index (χ3n) is 0.197. The fourth-order valence-electron chi connectivity index (χ4n) is 0.0673. The summed E-state index contributed by atoms with van der Waals surface area (Å²) in [7, 11) is 2.87. The van der Waals surface area contributed by atoms with Crippen molar-refractivity contribution in [1.29, 1.82) is 0 Å². The minimum Gasteiger partial charge on any atom is -0.372 e. The summed E-state index contributed by atoms with van der Waals surface area (Å²) in [6, 6.07) is 2.38. The number of nitrogens with one attached hydrogen (secondary N) is 1. The Kier molecular flexibility index (Phi) is 3.54. The van der Waals surface area contributed by atoms with Crippen LogP contribution in [0.5, 0.6) is 0 Å². The van der Waals surface area contributed by atoms with E-state index in [9.17, 15) is 0 Å². The summed E-state index contributed by atoms with van der Waals surface area (Å²) >= 11 is 0. The van der Waals surface area contributed by atoms with E-state index in [2.05, 4.69) is 33.3 Å². The second kappa shape index (κ2) is 4.14. The lowest BCUT2D eigenvalue weighted by atomic mass is 10.7. The molecule has 0 heterocycles. The van der Waals surface area contributed by atoms with Crippen molar-refractivity contribution >= 4 is 10.4 Å². The molecule has 27 valence electrons. The van der Waals surface area contributed by atoms with Crippen LogP contribution in [0.25, 0.3) is 0 Å². The van der Waals surface area contributed by atoms with Crippen LogP contribution in [-0.4, -0.2) is 10.4 Å². The van der Waals surface area contributed by atoms with Gasteiger partial charge in [0.25, 0.3) is 0 Å². The Morgan fingerprint density at radius 1 is 1.67 bits per heavy atom. The Balaban J connectivity index is 3.22. The van der Waals surface area contributed by atoms with Gasteiger partial charge in [0.1, 0.15) is 0 Å². The molecule has 0 saturated heterocycles. The Hall–Kier alpha value is -0.863. The van der Waals surface area contributed by atoms with Crippen LogP contribution in [0.1, 0.15) is 0 Å². The molecule has 0 amide bonds. The average Bonchev–Trinajstić information content (AvgIpc) is 1.61. The molecule has 0 aromatic heterocycles. The smallest absolute Gasteiger partial charge is 0.196 e. The summed E-state index contributed by atoms with van der Waals surface area (Å²) in [5.41, 5.74) is 0. The number of terminal acetylenes is 1. The Morgan fingerprint density at radius 3 is 2.50 bits per heavy atom. The third-order valence-corrected chi connectivity index (χ3v) is 0.322. The number of rotatable bonds is 0. The van der Waals surface area contributed by atoms with Crippen molar-refractivity contribution in [2.75, 3.05) is 0 Å². The summed E-state index contributed by atoms with van der Waals surface area (Å²) in [4.78, 5) is 2.37. The molecule has 0 saturated carbocycles. The van der Waals surface area contributed by atoms with Crippen LogP contribution < -0.4 is 4.98 Å². The van der Waals surface area contributed by atoms with Crippen LogP contribution in [0.2, 0.25) is 0 Å². The lowest BCUT2D eigenvalue weighted by molar-refractivity contribution is 1.49. The van der Waals surface area contributed by atoms with E-state index < -0.39 is 0 Å². The van der Waals surface area contributed by atoms with Crippen molar-refractivity contribution in [3.8, 4) is 24.3 Å². The van der Waals surface area contributed by atoms with Crippen LogP contribution in [0.15, 0.2) is 0 Å². The molecule has 0 aliphatic rings. The van der Waals surface area contributed by atoms with Gasteiger partial charge in [0.2, 0.25) is 0 Å². The second-order valence-electron chi connectivity index (χ2n) is 0.519. The molecule has 0 aliphatic heterocycles. The molecule has 0 aromatic rings.